The van der Waals surface area contributed by atoms with Gasteiger partial charge < -0.3 is 4.74 Å². The van der Waals surface area contributed by atoms with Gasteiger partial charge in [-0.1, -0.05) is 18.5 Å². The minimum atomic E-state index is -3.46. The topological polar surface area (TPSA) is 82.3 Å². The molecule has 0 aliphatic rings. The highest BCUT2D eigenvalue weighted by Crippen LogP contribution is 2.15. The van der Waals surface area contributed by atoms with Gasteiger partial charge in [0.1, 0.15) is 5.75 Å². The second-order valence-electron chi connectivity index (χ2n) is 3.58. The number of halogens is 1. The molecule has 5 nitrogen and oxygen atoms in total. The van der Waals surface area contributed by atoms with Gasteiger partial charge in [-0.05, 0) is 0 Å². The Bertz CT molecular complexity index is 450. The molecule has 1 unspecified atom stereocenters. The van der Waals surface area contributed by atoms with E-state index in [1.165, 1.54) is 12.4 Å². The number of rotatable bonds is 5. The van der Waals surface area contributed by atoms with Crippen LogP contribution in [0.5, 0.6) is 5.75 Å². The minimum Gasteiger partial charge on any atom is -0.492 e. The quantitative estimate of drug-likeness (QED) is 0.861. The van der Waals surface area contributed by atoms with Crippen LogP contribution >= 0.6 is 11.6 Å². The number of primary sulfonamides is 1. The van der Waals surface area contributed by atoms with Crippen molar-refractivity contribution in [2.24, 2.45) is 11.1 Å². The van der Waals surface area contributed by atoms with Crippen molar-refractivity contribution >= 4 is 21.6 Å². The number of pyridine rings is 1. The van der Waals surface area contributed by atoms with E-state index in [0.29, 0.717) is 10.8 Å². The number of hydrogen-bond donors (Lipinski definition) is 1. The molecule has 0 aliphatic heterocycles. The van der Waals surface area contributed by atoms with Crippen molar-refractivity contribution in [3.63, 3.8) is 0 Å². The number of sulfonamides is 1. The highest BCUT2D eigenvalue weighted by atomic mass is 35.5. The maximum atomic E-state index is 10.8. The van der Waals surface area contributed by atoms with E-state index in [0.717, 1.165) is 0 Å². The van der Waals surface area contributed by atoms with Crippen LogP contribution in [0.4, 0.5) is 0 Å². The van der Waals surface area contributed by atoms with E-state index in [-0.39, 0.29) is 18.3 Å². The molecule has 1 heterocycles. The highest BCUT2D eigenvalue weighted by Gasteiger charge is 2.11. The van der Waals surface area contributed by atoms with Gasteiger partial charge in [0.25, 0.3) is 0 Å². The van der Waals surface area contributed by atoms with Crippen molar-refractivity contribution in [3.8, 4) is 5.75 Å². The molecular formula is C9H13ClN2O3S. The van der Waals surface area contributed by atoms with Crippen molar-refractivity contribution in [1.82, 2.24) is 4.98 Å². The van der Waals surface area contributed by atoms with E-state index >= 15 is 0 Å². The lowest BCUT2D eigenvalue weighted by molar-refractivity contribution is 0.271. The van der Waals surface area contributed by atoms with Crippen molar-refractivity contribution in [3.05, 3.63) is 23.5 Å². The predicted molar refractivity (Wildman–Crippen MR) is 61.9 cm³/mol. The van der Waals surface area contributed by atoms with Crippen LogP contribution in [0, 0.1) is 5.92 Å². The van der Waals surface area contributed by atoms with Gasteiger partial charge in [-0.15, -0.1) is 0 Å². The molecule has 1 aromatic heterocycles. The molecule has 1 rings (SSSR count). The Hall–Kier alpha value is -0.850. The summed E-state index contributed by atoms with van der Waals surface area (Å²) in [5.41, 5.74) is 0. The molecule has 0 bridgehead atoms. The number of ether oxygens (including phenoxy) is 1. The summed E-state index contributed by atoms with van der Waals surface area (Å²) >= 11 is 5.71. The predicted octanol–water partition coefficient (Wildman–Crippen LogP) is 1.04. The molecule has 0 amide bonds. The molecule has 0 saturated heterocycles. The van der Waals surface area contributed by atoms with E-state index in [1.807, 2.05) is 0 Å². The Labute approximate surface area is 99.6 Å². The fourth-order valence-electron chi connectivity index (χ4n) is 1.15. The van der Waals surface area contributed by atoms with Crippen molar-refractivity contribution < 1.29 is 13.2 Å². The molecule has 0 spiro atoms. The monoisotopic (exact) mass is 264 g/mol. The minimum absolute atomic E-state index is 0.110. The molecule has 90 valence electrons. The van der Waals surface area contributed by atoms with Crippen LogP contribution in [0.25, 0.3) is 0 Å². The fraction of sp³-hybridized carbons (Fsp3) is 0.444. The lowest BCUT2D eigenvalue weighted by Crippen LogP contribution is -2.25. The summed E-state index contributed by atoms with van der Waals surface area (Å²) in [5.74, 6) is 0.212. The van der Waals surface area contributed by atoms with Crippen LogP contribution in [0.1, 0.15) is 6.92 Å². The molecule has 0 saturated carbocycles. The molecular weight excluding hydrogens is 252 g/mol. The molecule has 1 atom stereocenters. The van der Waals surface area contributed by atoms with E-state index in [1.54, 1.807) is 13.0 Å². The molecule has 0 fully saturated rings. The summed E-state index contributed by atoms with van der Waals surface area (Å²) < 4.78 is 26.9. The molecule has 2 N–H and O–H groups in total. The maximum absolute atomic E-state index is 10.8. The zero-order valence-electron chi connectivity index (χ0n) is 8.76. The van der Waals surface area contributed by atoms with Crippen LogP contribution < -0.4 is 9.88 Å². The standard InChI is InChI=1S/C9H13ClN2O3S/c1-7(6-16(11,13)14)5-15-9-2-8(10)3-12-4-9/h2-4,7H,5-6H2,1H3,(H2,11,13,14). The van der Waals surface area contributed by atoms with Gasteiger partial charge in [0.15, 0.2) is 0 Å². The number of hydrogen-bond acceptors (Lipinski definition) is 4. The number of nitrogens with zero attached hydrogens (tertiary/aromatic N) is 1. The van der Waals surface area contributed by atoms with E-state index < -0.39 is 10.0 Å². The van der Waals surface area contributed by atoms with Gasteiger partial charge in [-0.3, -0.25) is 4.98 Å². The largest absolute Gasteiger partial charge is 0.492 e. The van der Waals surface area contributed by atoms with Crippen LogP contribution in [0.2, 0.25) is 5.02 Å². The van der Waals surface area contributed by atoms with Gasteiger partial charge in [-0.25, -0.2) is 13.6 Å². The van der Waals surface area contributed by atoms with E-state index in [2.05, 4.69) is 4.98 Å². The van der Waals surface area contributed by atoms with Crippen molar-refractivity contribution in [1.29, 1.82) is 0 Å². The molecule has 1 aromatic rings. The van der Waals surface area contributed by atoms with Gasteiger partial charge >= 0.3 is 0 Å². The summed E-state index contributed by atoms with van der Waals surface area (Å²) in [6.07, 6.45) is 3.00. The second-order valence-corrected chi connectivity index (χ2v) is 5.68. The lowest BCUT2D eigenvalue weighted by Gasteiger charge is -2.11. The lowest BCUT2D eigenvalue weighted by atomic mass is 10.2. The van der Waals surface area contributed by atoms with Gasteiger partial charge in [0.2, 0.25) is 10.0 Å². The zero-order valence-corrected chi connectivity index (χ0v) is 10.3. The van der Waals surface area contributed by atoms with E-state index in [9.17, 15) is 8.42 Å². The summed E-state index contributed by atoms with van der Waals surface area (Å²) in [5, 5.41) is 5.38. The fourth-order valence-corrected chi connectivity index (χ4v) is 2.21. The van der Waals surface area contributed by atoms with E-state index in [4.69, 9.17) is 21.5 Å². The molecule has 0 radical (unpaired) electrons. The molecule has 0 aromatic carbocycles. The third kappa shape index (κ3) is 5.29. The summed E-state index contributed by atoms with van der Waals surface area (Å²) in [6.45, 7) is 1.99. The smallest absolute Gasteiger partial charge is 0.209 e. The number of aromatic nitrogens is 1. The zero-order chi connectivity index (χ0) is 12.2. The van der Waals surface area contributed by atoms with Gasteiger partial charge in [0.05, 0.1) is 23.6 Å². The molecule has 0 aliphatic carbocycles. The van der Waals surface area contributed by atoms with Gasteiger partial charge in [-0.2, -0.15) is 0 Å². The first-order valence-electron chi connectivity index (χ1n) is 4.60. The summed E-state index contributed by atoms with van der Waals surface area (Å²) in [7, 11) is -3.46. The highest BCUT2D eigenvalue weighted by molar-refractivity contribution is 7.89. The molecule has 16 heavy (non-hydrogen) atoms. The first kappa shape index (κ1) is 13.2. The second kappa shape index (κ2) is 5.47. The Balaban J connectivity index is 2.46. The van der Waals surface area contributed by atoms with Crippen LogP contribution in [-0.2, 0) is 10.0 Å². The van der Waals surface area contributed by atoms with Crippen LogP contribution in [0.15, 0.2) is 18.5 Å². The molecule has 7 heteroatoms. The average Bonchev–Trinajstić information content (AvgIpc) is 2.12. The third-order valence-electron chi connectivity index (χ3n) is 1.73. The van der Waals surface area contributed by atoms with Crippen LogP contribution in [-0.4, -0.2) is 25.8 Å². The third-order valence-corrected chi connectivity index (χ3v) is 2.97. The average molecular weight is 265 g/mol. The first-order valence-corrected chi connectivity index (χ1v) is 6.70. The summed E-state index contributed by atoms with van der Waals surface area (Å²) in [6, 6.07) is 1.61. The Morgan fingerprint density at radius 1 is 1.56 bits per heavy atom. The van der Waals surface area contributed by atoms with Crippen molar-refractivity contribution in [2.45, 2.75) is 6.92 Å². The normalized spacial score (nSPS) is 13.4. The Morgan fingerprint density at radius 2 is 2.25 bits per heavy atom. The Morgan fingerprint density at radius 3 is 2.81 bits per heavy atom. The first-order chi connectivity index (χ1) is 7.37. The van der Waals surface area contributed by atoms with Gasteiger partial charge in [0, 0.05) is 18.2 Å². The maximum Gasteiger partial charge on any atom is 0.209 e. The Kier molecular flexibility index (Phi) is 4.52. The SMILES string of the molecule is CC(COc1cncc(Cl)c1)CS(N)(=O)=O. The van der Waals surface area contributed by atoms with Crippen molar-refractivity contribution in [2.75, 3.05) is 12.4 Å². The summed E-state index contributed by atoms with van der Waals surface area (Å²) in [4.78, 5) is 3.84. The number of nitrogens with two attached hydrogens (primary N) is 1. The van der Waals surface area contributed by atoms with Crippen LogP contribution in [0.3, 0.4) is 0 Å².